The summed E-state index contributed by atoms with van der Waals surface area (Å²) in [5.74, 6) is -0.435. The molecular weight excluding hydrogens is 446 g/mol. The first-order valence-corrected chi connectivity index (χ1v) is 12.1. The number of aliphatic hydroxyl groups is 1. The van der Waals surface area contributed by atoms with Gasteiger partial charge in [-0.15, -0.1) is 11.3 Å². The van der Waals surface area contributed by atoms with Gasteiger partial charge in [-0.2, -0.15) is 9.84 Å². The van der Waals surface area contributed by atoms with E-state index in [4.69, 9.17) is 9.84 Å². The molecule has 174 valence electrons. The molecule has 3 aromatic rings. The highest BCUT2D eigenvalue weighted by atomic mass is 32.1. The summed E-state index contributed by atoms with van der Waals surface area (Å²) in [4.78, 5) is 14.4. The summed E-state index contributed by atoms with van der Waals surface area (Å²) in [5, 5.41) is 23.8. The highest BCUT2D eigenvalue weighted by molar-refractivity contribution is 7.16. The Morgan fingerprint density at radius 1 is 1.24 bits per heavy atom. The Morgan fingerprint density at radius 2 is 2.03 bits per heavy atom. The Labute approximate surface area is 203 Å². The van der Waals surface area contributed by atoms with Gasteiger partial charge in [0.1, 0.15) is 24.9 Å². The number of amides is 1. The van der Waals surface area contributed by atoms with Crippen LogP contribution in [0.25, 0.3) is 27.3 Å². The maximum atomic E-state index is 12.5. The van der Waals surface area contributed by atoms with Crippen LogP contribution in [0.5, 0.6) is 0 Å². The molecule has 0 fully saturated rings. The molecule has 34 heavy (non-hydrogen) atoms. The van der Waals surface area contributed by atoms with E-state index >= 15 is 0 Å². The van der Waals surface area contributed by atoms with E-state index in [0.717, 1.165) is 39.5 Å². The molecule has 0 unspecified atom stereocenters. The van der Waals surface area contributed by atoms with E-state index in [1.165, 1.54) is 16.7 Å². The van der Waals surface area contributed by atoms with Gasteiger partial charge in [-0.3, -0.25) is 4.79 Å². The van der Waals surface area contributed by atoms with Crippen LogP contribution >= 0.6 is 11.3 Å². The SMILES string of the molecule is CC(C)(CCO)NC(=O)/C(C#N)=C/c1ccc(-c2ccc3cc([N+]4=CCOCC4)ccc3c2)s1. The van der Waals surface area contributed by atoms with Crippen LogP contribution < -0.4 is 5.32 Å². The number of aliphatic hydroxyl groups excluding tert-OH is 1. The van der Waals surface area contributed by atoms with E-state index in [9.17, 15) is 10.1 Å². The zero-order chi connectivity index (χ0) is 24.1. The number of ether oxygens (including phenoxy) is 1. The van der Waals surface area contributed by atoms with E-state index in [1.807, 2.05) is 32.0 Å². The minimum Gasteiger partial charge on any atom is -0.396 e. The van der Waals surface area contributed by atoms with Crippen molar-refractivity contribution in [2.75, 3.05) is 26.4 Å². The fraction of sp³-hybridized carbons (Fsp3) is 0.296. The predicted molar refractivity (Wildman–Crippen MR) is 136 cm³/mol. The van der Waals surface area contributed by atoms with Crippen molar-refractivity contribution in [3.05, 3.63) is 59.0 Å². The van der Waals surface area contributed by atoms with Crippen LogP contribution in [0.1, 0.15) is 25.1 Å². The second-order valence-corrected chi connectivity index (χ2v) is 10.00. The topological polar surface area (TPSA) is 85.4 Å². The normalized spacial score (nSPS) is 14.5. The van der Waals surface area contributed by atoms with Gasteiger partial charge in [0, 0.05) is 34.0 Å². The number of fused-ring (bicyclic) bond motifs is 1. The van der Waals surface area contributed by atoms with Crippen molar-refractivity contribution in [2.45, 2.75) is 25.8 Å². The summed E-state index contributed by atoms with van der Waals surface area (Å²) in [6.45, 7) is 5.84. The van der Waals surface area contributed by atoms with Crippen molar-refractivity contribution in [1.82, 2.24) is 5.32 Å². The number of nitriles is 1. The van der Waals surface area contributed by atoms with Crippen LogP contribution in [0.2, 0.25) is 0 Å². The molecule has 2 N–H and O–H groups in total. The van der Waals surface area contributed by atoms with E-state index in [-0.39, 0.29) is 12.2 Å². The van der Waals surface area contributed by atoms with Gasteiger partial charge in [0.05, 0.1) is 0 Å². The number of rotatable bonds is 7. The molecule has 4 rings (SSSR count). The summed E-state index contributed by atoms with van der Waals surface area (Å²) >= 11 is 1.54. The first-order chi connectivity index (χ1) is 16.4. The second kappa shape index (κ2) is 10.3. The molecule has 0 saturated carbocycles. The Morgan fingerprint density at radius 3 is 2.76 bits per heavy atom. The minimum atomic E-state index is -0.590. The lowest BCUT2D eigenvalue weighted by molar-refractivity contribution is -0.450. The largest absolute Gasteiger partial charge is 0.396 e. The predicted octanol–water partition coefficient (Wildman–Crippen LogP) is 4.50. The van der Waals surface area contributed by atoms with E-state index in [1.54, 1.807) is 6.08 Å². The fourth-order valence-electron chi connectivity index (χ4n) is 3.87. The van der Waals surface area contributed by atoms with Crippen LogP contribution in [0, 0.1) is 11.3 Å². The van der Waals surface area contributed by atoms with Gasteiger partial charge < -0.3 is 15.2 Å². The van der Waals surface area contributed by atoms with Gasteiger partial charge in [-0.25, -0.2) is 0 Å². The van der Waals surface area contributed by atoms with Crippen LogP contribution in [-0.4, -0.2) is 53.7 Å². The van der Waals surface area contributed by atoms with Crippen LogP contribution in [0.15, 0.2) is 54.1 Å². The Balaban J connectivity index is 1.54. The van der Waals surface area contributed by atoms with Gasteiger partial charge in [-0.05, 0) is 66.9 Å². The van der Waals surface area contributed by atoms with Crippen molar-refractivity contribution >= 4 is 46.0 Å². The second-order valence-electron chi connectivity index (χ2n) is 8.88. The quantitative estimate of drug-likeness (QED) is 0.300. The summed E-state index contributed by atoms with van der Waals surface area (Å²) < 4.78 is 7.63. The van der Waals surface area contributed by atoms with Crippen LogP contribution in [0.4, 0.5) is 5.69 Å². The highest BCUT2D eigenvalue weighted by Gasteiger charge is 2.22. The first-order valence-electron chi connectivity index (χ1n) is 11.3. The van der Waals surface area contributed by atoms with Crippen molar-refractivity contribution in [2.24, 2.45) is 0 Å². The molecule has 1 amide bonds. The Bertz CT molecular complexity index is 1310. The summed E-state index contributed by atoms with van der Waals surface area (Å²) in [6, 6.07) is 18.8. The van der Waals surface area contributed by atoms with Crippen LogP contribution in [-0.2, 0) is 9.53 Å². The maximum Gasteiger partial charge on any atom is 0.262 e. The van der Waals surface area contributed by atoms with Crippen molar-refractivity contribution < 1.29 is 19.2 Å². The van der Waals surface area contributed by atoms with Gasteiger partial charge in [0.15, 0.2) is 12.8 Å². The number of nitrogens with zero attached hydrogens (tertiary/aromatic N) is 2. The van der Waals surface area contributed by atoms with Crippen LogP contribution in [0.3, 0.4) is 0 Å². The van der Waals surface area contributed by atoms with E-state index < -0.39 is 11.4 Å². The lowest BCUT2D eigenvalue weighted by Crippen LogP contribution is -2.44. The third kappa shape index (κ3) is 5.60. The minimum absolute atomic E-state index is 0.0358. The zero-order valence-corrected chi connectivity index (χ0v) is 20.2. The van der Waals surface area contributed by atoms with E-state index in [0.29, 0.717) is 13.0 Å². The average Bonchev–Trinajstić information content (AvgIpc) is 3.30. The third-order valence-electron chi connectivity index (χ3n) is 5.80. The standard InChI is InChI=1S/C27H27N3O3S/c1-27(2,9-12-31)29-26(32)22(18-28)17-24-7-8-25(34-24)21-4-3-20-16-23(6-5-19(20)15-21)30-10-13-33-14-11-30/h3-8,10,15-17,31H,9,11-14H2,1-2H3/p+1/b22-17+. The number of carbonyl (C=O) groups excluding carboxylic acids is 1. The molecule has 0 saturated heterocycles. The van der Waals surface area contributed by atoms with Gasteiger partial charge >= 0.3 is 0 Å². The lowest BCUT2D eigenvalue weighted by Gasteiger charge is -2.25. The molecule has 7 heteroatoms. The molecule has 2 heterocycles. The van der Waals surface area contributed by atoms with Gasteiger partial charge in [0.25, 0.3) is 5.91 Å². The molecule has 1 aliphatic heterocycles. The molecule has 0 aliphatic carbocycles. The van der Waals surface area contributed by atoms with Gasteiger partial charge in [-0.1, -0.05) is 12.1 Å². The summed E-state index contributed by atoms with van der Waals surface area (Å²) in [6.07, 6.45) is 4.10. The van der Waals surface area contributed by atoms with Crippen molar-refractivity contribution in [1.29, 1.82) is 5.26 Å². The molecule has 6 nitrogen and oxygen atoms in total. The first kappa shape index (κ1) is 23.8. The monoisotopic (exact) mass is 474 g/mol. The molecular formula is C27H28N3O3S+. The molecule has 1 aromatic heterocycles. The van der Waals surface area contributed by atoms with E-state index in [2.05, 4.69) is 52.5 Å². The number of nitrogens with one attached hydrogen (secondary N) is 1. The average molecular weight is 475 g/mol. The highest BCUT2D eigenvalue weighted by Crippen LogP contribution is 2.32. The van der Waals surface area contributed by atoms with Gasteiger partial charge in [0.2, 0.25) is 5.69 Å². The number of hydrogen-bond donors (Lipinski definition) is 2. The maximum absolute atomic E-state index is 12.5. The fourth-order valence-corrected chi connectivity index (χ4v) is 4.82. The third-order valence-corrected chi connectivity index (χ3v) is 6.88. The molecule has 0 atom stereocenters. The molecule has 2 aromatic carbocycles. The number of carbonyl (C=O) groups is 1. The van der Waals surface area contributed by atoms with Crippen molar-refractivity contribution in [3.8, 4) is 16.5 Å². The number of hydrogen-bond acceptors (Lipinski definition) is 5. The Hall–Kier alpha value is -3.31. The molecule has 1 aliphatic rings. The molecule has 0 bridgehead atoms. The lowest BCUT2D eigenvalue weighted by atomic mass is 10.0. The summed E-state index contributed by atoms with van der Waals surface area (Å²) in [7, 11) is 0. The number of benzene rings is 2. The summed E-state index contributed by atoms with van der Waals surface area (Å²) in [5.41, 5.74) is 1.71. The Kier molecular flexibility index (Phi) is 7.23. The number of thiophene rings is 1. The van der Waals surface area contributed by atoms with Crippen molar-refractivity contribution in [3.63, 3.8) is 0 Å². The smallest absolute Gasteiger partial charge is 0.262 e. The molecule has 0 radical (unpaired) electrons. The zero-order valence-electron chi connectivity index (χ0n) is 19.4. The molecule has 0 spiro atoms.